The molecule has 4 aromatic rings. The molecule has 0 atom stereocenters. The molecule has 0 fully saturated rings. The van der Waals surface area contributed by atoms with Crippen LogP contribution in [0.4, 0.5) is 13.2 Å². The van der Waals surface area contributed by atoms with Crippen LogP contribution in [0.25, 0.3) is 16.5 Å². The van der Waals surface area contributed by atoms with Crippen LogP contribution in [0.5, 0.6) is 11.5 Å². The van der Waals surface area contributed by atoms with Crippen molar-refractivity contribution in [2.24, 2.45) is 5.10 Å². The van der Waals surface area contributed by atoms with Gasteiger partial charge in [0, 0.05) is 16.6 Å². The molecule has 0 unspecified atom stereocenters. The highest BCUT2D eigenvalue weighted by molar-refractivity contribution is 6.30. The molecule has 1 N–H and O–H groups in total. The van der Waals surface area contributed by atoms with E-state index in [1.54, 1.807) is 25.3 Å². The second-order valence-electron chi connectivity index (χ2n) is 8.34. The van der Waals surface area contributed by atoms with Gasteiger partial charge in [-0.05, 0) is 54.5 Å². The zero-order valence-electron chi connectivity index (χ0n) is 20.6. The molecule has 2 heterocycles. The minimum absolute atomic E-state index is 0.0124. The van der Waals surface area contributed by atoms with Crippen molar-refractivity contribution in [3.63, 3.8) is 0 Å². The number of ether oxygens (including phenoxy) is 1. The molecule has 1 amide bonds. The van der Waals surface area contributed by atoms with E-state index in [0.717, 1.165) is 27.6 Å². The average molecular weight is 567 g/mol. The van der Waals surface area contributed by atoms with Crippen LogP contribution in [0.1, 0.15) is 23.7 Å². The number of aromatic nitrogens is 3. The number of nitrogens with one attached hydrogen (secondary N) is 1. The molecule has 202 valence electrons. The van der Waals surface area contributed by atoms with Gasteiger partial charge in [0.25, 0.3) is 5.56 Å². The van der Waals surface area contributed by atoms with Gasteiger partial charge in [-0.3, -0.25) is 19.1 Å². The van der Waals surface area contributed by atoms with E-state index in [1.807, 2.05) is 30.3 Å². The Hall–Kier alpha value is -5.02. The molecule has 4 rings (SSSR count). The fourth-order valence-corrected chi connectivity index (χ4v) is 3.92. The van der Waals surface area contributed by atoms with E-state index in [4.69, 9.17) is 21.6 Å². The van der Waals surface area contributed by atoms with E-state index < -0.39 is 23.2 Å². The lowest BCUT2D eigenvalue weighted by Gasteiger charge is -2.15. The number of amides is 1. The molecule has 0 aliphatic carbocycles. The maximum atomic E-state index is 13.7. The largest absolute Gasteiger partial charge is 0.449 e. The summed E-state index contributed by atoms with van der Waals surface area (Å²) in [5.41, 5.74) is 1.67. The third-order valence-electron chi connectivity index (χ3n) is 5.51. The third kappa shape index (κ3) is 6.51. The molecule has 9 nitrogen and oxygen atoms in total. The SMILES string of the molecule is C/C(=C\C(Cn1cnc(C(F)(F)F)c(Oc2cc(Cl)cc(C#N)c2)c1=O)=N/NC=O)c1cnc2ccccc2c1. The van der Waals surface area contributed by atoms with Crippen LogP contribution in [0.15, 0.2) is 77.0 Å². The summed E-state index contributed by atoms with van der Waals surface area (Å²) in [5, 5.41) is 14.0. The highest BCUT2D eigenvalue weighted by Crippen LogP contribution is 2.35. The number of nitriles is 1. The highest BCUT2D eigenvalue weighted by atomic mass is 35.5. The van der Waals surface area contributed by atoms with Gasteiger partial charge >= 0.3 is 6.18 Å². The zero-order chi connectivity index (χ0) is 28.9. The van der Waals surface area contributed by atoms with Crippen LogP contribution in [-0.4, -0.2) is 26.7 Å². The van der Waals surface area contributed by atoms with Crippen molar-refractivity contribution < 1.29 is 22.7 Å². The summed E-state index contributed by atoms with van der Waals surface area (Å²) in [6.07, 6.45) is -0.844. The van der Waals surface area contributed by atoms with Crippen molar-refractivity contribution in [3.8, 4) is 17.6 Å². The first-order valence-electron chi connectivity index (χ1n) is 11.4. The second-order valence-corrected chi connectivity index (χ2v) is 8.77. The number of alkyl halides is 3. The predicted molar refractivity (Wildman–Crippen MR) is 142 cm³/mol. The number of benzene rings is 2. The lowest BCUT2D eigenvalue weighted by Crippen LogP contribution is -2.29. The molecule has 0 aliphatic heterocycles. The molecule has 2 aromatic heterocycles. The van der Waals surface area contributed by atoms with Crippen LogP contribution in [0.2, 0.25) is 5.02 Å². The van der Waals surface area contributed by atoms with E-state index in [2.05, 4.69) is 20.5 Å². The van der Waals surface area contributed by atoms with Crippen molar-refractivity contribution in [1.82, 2.24) is 20.0 Å². The van der Waals surface area contributed by atoms with Gasteiger partial charge in [0.1, 0.15) is 5.75 Å². The lowest BCUT2D eigenvalue weighted by atomic mass is 10.1. The summed E-state index contributed by atoms with van der Waals surface area (Å²) in [6, 6.07) is 14.7. The van der Waals surface area contributed by atoms with Crippen molar-refractivity contribution in [2.75, 3.05) is 0 Å². The number of allylic oxidation sites excluding steroid dienone is 2. The normalized spacial score (nSPS) is 12.2. The molecule has 0 aliphatic rings. The number of nitrogens with zero attached hydrogens (tertiary/aromatic N) is 5. The first kappa shape index (κ1) is 28.0. The standard InChI is InChI=1S/C27H18ClF3N6O3/c1-16(19-9-18-4-2-3-5-23(18)33-12-19)6-21(36-35-15-38)13-37-14-34-25(27(29,30)31)24(26(37)39)40-22-8-17(11-32)7-20(28)10-22/h2-10,12,14-15H,13H2,1H3,(H,35,38)/b16-6+,36-21+. The Morgan fingerprint density at radius 3 is 2.73 bits per heavy atom. The van der Waals surface area contributed by atoms with Crippen molar-refractivity contribution in [1.29, 1.82) is 5.26 Å². The second kappa shape index (κ2) is 11.8. The van der Waals surface area contributed by atoms with Crippen LogP contribution in [-0.2, 0) is 17.5 Å². The van der Waals surface area contributed by atoms with Gasteiger partial charge in [0.15, 0.2) is 5.69 Å². The minimum atomic E-state index is -5.03. The molecule has 40 heavy (non-hydrogen) atoms. The Kier molecular flexibility index (Phi) is 8.26. The number of hydrogen-bond donors (Lipinski definition) is 1. The Balaban J connectivity index is 1.74. The Labute approximate surface area is 229 Å². The molecule has 0 bridgehead atoms. The van der Waals surface area contributed by atoms with E-state index in [9.17, 15) is 22.8 Å². The van der Waals surface area contributed by atoms with Crippen molar-refractivity contribution in [3.05, 3.63) is 99.3 Å². The van der Waals surface area contributed by atoms with Gasteiger partial charge in [-0.2, -0.15) is 23.5 Å². The number of fused-ring (bicyclic) bond motifs is 1. The van der Waals surface area contributed by atoms with E-state index in [-0.39, 0.29) is 28.6 Å². The Bertz CT molecular complexity index is 1760. The molecule has 13 heteroatoms. The van der Waals surface area contributed by atoms with Crippen LogP contribution in [0, 0.1) is 11.3 Å². The molecule has 0 saturated carbocycles. The van der Waals surface area contributed by atoms with Crippen molar-refractivity contribution >= 4 is 40.2 Å². The number of para-hydroxylation sites is 1. The quantitative estimate of drug-likeness (QED) is 0.175. The van der Waals surface area contributed by atoms with Crippen molar-refractivity contribution in [2.45, 2.75) is 19.6 Å². The number of rotatable bonds is 8. The molecule has 0 saturated heterocycles. The molecular weight excluding hydrogens is 549 g/mol. The maximum absolute atomic E-state index is 13.7. The molecule has 0 radical (unpaired) electrons. The number of carbonyl (C=O) groups is 1. The molecule has 0 spiro atoms. The van der Waals surface area contributed by atoms with Crippen LogP contribution < -0.4 is 15.7 Å². The zero-order valence-corrected chi connectivity index (χ0v) is 21.4. The van der Waals surface area contributed by atoms with Gasteiger partial charge in [0.2, 0.25) is 12.2 Å². The predicted octanol–water partition coefficient (Wildman–Crippen LogP) is 5.33. The van der Waals surface area contributed by atoms with Crippen LogP contribution >= 0.6 is 11.6 Å². The van der Waals surface area contributed by atoms with Gasteiger partial charge in [0.05, 0.1) is 35.7 Å². The number of hydrazone groups is 1. The van der Waals surface area contributed by atoms with E-state index in [1.165, 1.54) is 6.07 Å². The van der Waals surface area contributed by atoms with E-state index >= 15 is 0 Å². The number of pyridine rings is 1. The highest BCUT2D eigenvalue weighted by Gasteiger charge is 2.38. The number of carbonyl (C=O) groups excluding carboxylic acids is 1. The lowest BCUT2D eigenvalue weighted by molar-refractivity contribution is -0.142. The number of hydrogen-bond acceptors (Lipinski definition) is 7. The minimum Gasteiger partial charge on any atom is -0.449 e. The summed E-state index contributed by atoms with van der Waals surface area (Å²) in [5.74, 6) is -1.38. The van der Waals surface area contributed by atoms with E-state index in [0.29, 0.717) is 23.9 Å². The summed E-state index contributed by atoms with van der Waals surface area (Å²) < 4.78 is 47.3. The fraction of sp³-hybridized carbons (Fsp3) is 0.111. The van der Waals surface area contributed by atoms with Gasteiger partial charge in [-0.15, -0.1) is 0 Å². The van der Waals surface area contributed by atoms with Gasteiger partial charge in [-0.25, -0.2) is 10.4 Å². The summed E-state index contributed by atoms with van der Waals surface area (Å²) in [6.45, 7) is 1.37. The Morgan fingerprint density at radius 1 is 1.23 bits per heavy atom. The smallest absolute Gasteiger partial charge is 0.437 e. The first-order chi connectivity index (χ1) is 19.1. The number of halogens is 4. The summed E-state index contributed by atoms with van der Waals surface area (Å²) >= 11 is 5.93. The third-order valence-corrected chi connectivity index (χ3v) is 5.73. The fourth-order valence-electron chi connectivity index (χ4n) is 3.70. The molecule has 2 aromatic carbocycles. The van der Waals surface area contributed by atoms with Gasteiger partial charge in [-0.1, -0.05) is 29.8 Å². The topological polar surface area (TPSA) is 122 Å². The monoisotopic (exact) mass is 566 g/mol. The van der Waals surface area contributed by atoms with Crippen LogP contribution in [0.3, 0.4) is 0 Å². The maximum Gasteiger partial charge on any atom is 0.437 e. The molecular formula is C27H18ClF3N6O3. The Morgan fingerprint density at radius 2 is 2.00 bits per heavy atom. The average Bonchev–Trinajstić information content (AvgIpc) is 2.92. The van der Waals surface area contributed by atoms with Gasteiger partial charge < -0.3 is 4.74 Å². The summed E-state index contributed by atoms with van der Waals surface area (Å²) in [4.78, 5) is 31.9. The first-order valence-corrected chi connectivity index (χ1v) is 11.8. The summed E-state index contributed by atoms with van der Waals surface area (Å²) in [7, 11) is 0.